The number of rotatable bonds is 13. The SMILES string of the molecule is CNCC(OCCCCBr)c1cccc(OCCCCBr)c1. The minimum Gasteiger partial charge on any atom is -0.494 e. The summed E-state index contributed by atoms with van der Waals surface area (Å²) in [5, 5.41) is 5.27. The number of benzene rings is 1. The van der Waals surface area contributed by atoms with Crippen molar-refractivity contribution in [1.82, 2.24) is 5.32 Å². The van der Waals surface area contributed by atoms with E-state index in [2.05, 4.69) is 49.3 Å². The second-order valence-electron chi connectivity index (χ2n) is 5.13. The van der Waals surface area contributed by atoms with Crippen LogP contribution in [0, 0.1) is 0 Å². The molecular weight excluding hydrogens is 410 g/mol. The minimum atomic E-state index is 0.0754. The molecule has 1 N–H and O–H groups in total. The Hall–Kier alpha value is -0.100. The zero-order valence-electron chi connectivity index (χ0n) is 13.3. The van der Waals surface area contributed by atoms with Crippen LogP contribution in [0.15, 0.2) is 24.3 Å². The van der Waals surface area contributed by atoms with Crippen LogP contribution in [0.5, 0.6) is 5.75 Å². The molecule has 0 radical (unpaired) electrons. The van der Waals surface area contributed by atoms with Crippen LogP contribution in [0.1, 0.15) is 37.4 Å². The molecule has 0 amide bonds. The van der Waals surface area contributed by atoms with Crippen molar-refractivity contribution >= 4 is 31.9 Å². The van der Waals surface area contributed by atoms with Gasteiger partial charge in [-0.25, -0.2) is 0 Å². The van der Waals surface area contributed by atoms with Crippen LogP contribution in [0.4, 0.5) is 0 Å². The summed E-state index contributed by atoms with van der Waals surface area (Å²) in [6.45, 7) is 2.35. The molecule has 0 fully saturated rings. The predicted molar refractivity (Wildman–Crippen MR) is 101 cm³/mol. The molecule has 0 heterocycles. The van der Waals surface area contributed by atoms with Gasteiger partial charge in [-0.1, -0.05) is 44.0 Å². The van der Waals surface area contributed by atoms with Crippen LogP contribution in [-0.2, 0) is 4.74 Å². The van der Waals surface area contributed by atoms with Gasteiger partial charge in [0.15, 0.2) is 0 Å². The van der Waals surface area contributed by atoms with Gasteiger partial charge in [0.2, 0.25) is 0 Å². The maximum atomic E-state index is 6.02. The Morgan fingerprint density at radius 1 is 1.05 bits per heavy atom. The summed E-state index contributed by atoms with van der Waals surface area (Å²) >= 11 is 6.89. The molecule has 0 aromatic heterocycles. The molecule has 1 rings (SSSR count). The highest BCUT2D eigenvalue weighted by atomic mass is 79.9. The average molecular weight is 437 g/mol. The molecule has 0 saturated carbocycles. The molecule has 0 aliphatic rings. The van der Waals surface area contributed by atoms with Crippen molar-refractivity contribution in [3.05, 3.63) is 29.8 Å². The summed E-state index contributed by atoms with van der Waals surface area (Å²) in [7, 11) is 1.95. The Kier molecular flexibility index (Phi) is 12.1. The van der Waals surface area contributed by atoms with E-state index < -0.39 is 0 Å². The van der Waals surface area contributed by atoms with E-state index in [4.69, 9.17) is 9.47 Å². The van der Waals surface area contributed by atoms with Crippen LogP contribution in [0.2, 0.25) is 0 Å². The lowest BCUT2D eigenvalue weighted by atomic mass is 10.1. The number of halogens is 2. The van der Waals surface area contributed by atoms with Crippen LogP contribution < -0.4 is 10.1 Å². The molecule has 1 aromatic carbocycles. The lowest BCUT2D eigenvalue weighted by Gasteiger charge is -2.19. The average Bonchev–Trinajstić information content (AvgIpc) is 2.55. The standard InChI is InChI=1S/C17H27Br2NO2/c1-20-14-17(22-12-5-3-10-19)15-7-6-8-16(13-15)21-11-4-2-9-18/h6-8,13,17,20H,2-5,9-12,14H2,1H3. The van der Waals surface area contributed by atoms with E-state index in [0.29, 0.717) is 0 Å². The fraction of sp³-hybridized carbons (Fsp3) is 0.647. The fourth-order valence-corrected chi connectivity index (χ4v) is 2.86. The first kappa shape index (κ1) is 19.9. The van der Waals surface area contributed by atoms with Crippen molar-refractivity contribution in [2.24, 2.45) is 0 Å². The van der Waals surface area contributed by atoms with Crippen molar-refractivity contribution in [3.63, 3.8) is 0 Å². The normalized spacial score (nSPS) is 12.3. The molecule has 1 atom stereocenters. The topological polar surface area (TPSA) is 30.5 Å². The maximum Gasteiger partial charge on any atom is 0.119 e. The van der Waals surface area contributed by atoms with Gasteiger partial charge in [-0.3, -0.25) is 0 Å². The first-order valence-electron chi connectivity index (χ1n) is 7.92. The predicted octanol–water partition coefficient (Wildman–Crippen LogP) is 4.69. The molecule has 0 bridgehead atoms. The van der Waals surface area contributed by atoms with Crippen molar-refractivity contribution in [3.8, 4) is 5.75 Å². The van der Waals surface area contributed by atoms with E-state index >= 15 is 0 Å². The number of likely N-dealkylation sites (N-methyl/N-ethyl adjacent to an activating group) is 1. The Bertz CT molecular complexity index is 391. The summed E-state index contributed by atoms with van der Waals surface area (Å²) in [6, 6.07) is 8.26. The fourth-order valence-electron chi connectivity index (χ4n) is 2.07. The van der Waals surface area contributed by atoms with Gasteiger partial charge in [0.05, 0.1) is 12.7 Å². The zero-order chi connectivity index (χ0) is 16.0. The Labute approximate surface area is 151 Å². The number of hydrogen-bond donors (Lipinski definition) is 1. The highest BCUT2D eigenvalue weighted by molar-refractivity contribution is 9.09. The Balaban J connectivity index is 2.53. The van der Waals surface area contributed by atoms with E-state index in [1.165, 1.54) is 5.56 Å². The van der Waals surface area contributed by atoms with Crippen molar-refractivity contribution in [2.75, 3.05) is 37.5 Å². The van der Waals surface area contributed by atoms with E-state index in [-0.39, 0.29) is 6.10 Å². The second kappa shape index (κ2) is 13.3. The molecule has 0 aliphatic carbocycles. The molecular formula is C17H27Br2NO2. The third-order valence-electron chi connectivity index (χ3n) is 3.26. The molecule has 5 heteroatoms. The van der Waals surface area contributed by atoms with Crippen LogP contribution in [-0.4, -0.2) is 37.5 Å². The molecule has 1 aromatic rings. The monoisotopic (exact) mass is 435 g/mol. The summed E-state index contributed by atoms with van der Waals surface area (Å²) < 4.78 is 11.8. The summed E-state index contributed by atoms with van der Waals surface area (Å²) in [4.78, 5) is 0. The first-order valence-corrected chi connectivity index (χ1v) is 10.2. The van der Waals surface area contributed by atoms with Crippen molar-refractivity contribution < 1.29 is 9.47 Å². The molecule has 0 aliphatic heterocycles. The minimum absolute atomic E-state index is 0.0754. The lowest BCUT2D eigenvalue weighted by Crippen LogP contribution is -2.20. The Morgan fingerprint density at radius 2 is 1.77 bits per heavy atom. The molecule has 3 nitrogen and oxygen atoms in total. The largest absolute Gasteiger partial charge is 0.494 e. The van der Waals surface area contributed by atoms with E-state index in [1.807, 2.05) is 19.2 Å². The summed E-state index contributed by atoms with van der Waals surface area (Å²) in [6.07, 6.45) is 4.50. The van der Waals surface area contributed by atoms with Gasteiger partial charge in [-0.05, 0) is 50.4 Å². The van der Waals surface area contributed by atoms with Gasteiger partial charge in [0.25, 0.3) is 0 Å². The zero-order valence-corrected chi connectivity index (χ0v) is 16.5. The highest BCUT2D eigenvalue weighted by Crippen LogP contribution is 2.22. The Morgan fingerprint density at radius 3 is 2.45 bits per heavy atom. The molecule has 126 valence electrons. The molecule has 0 spiro atoms. The van der Waals surface area contributed by atoms with Crippen LogP contribution >= 0.6 is 31.9 Å². The van der Waals surface area contributed by atoms with Gasteiger partial charge in [0, 0.05) is 23.8 Å². The number of hydrogen-bond acceptors (Lipinski definition) is 3. The molecule has 1 unspecified atom stereocenters. The maximum absolute atomic E-state index is 6.02. The van der Waals surface area contributed by atoms with Gasteiger partial charge >= 0.3 is 0 Å². The van der Waals surface area contributed by atoms with Gasteiger partial charge < -0.3 is 14.8 Å². The quantitative estimate of drug-likeness (QED) is 0.359. The van der Waals surface area contributed by atoms with Crippen molar-refractivity contribution in [2.45, 2.75) is 31.8 Å². The molecule has 22 heavy (non-hydrogen) atoms. The number of nitrogens with one attached hydrogen (secondary N) is 1. The van der Waals surface area contributed by atoms with Crippen LogP contribution in [0.25, 0.3) is 0 Å². The lowest BCUT2D eigenvalue weighted by molar-refractivity contribution is 0.0519. The molecule has 0 saturated heterocycles. The third-order valence-corrected chi connectivity index (χ3v) is 4.38. The van der Waals surface area contributed by atoms with E-state index in [0.717, 1.165) is 61.9 Å². The summed E-state index contributed by atoms with van der Waals surface area (Å²) in [5.41, 5.74) is 1.17. The third kappa shape index (κ3) is 8.51. The smallest absolute Gasteiger partial charge is 0.119 e. The number of alkyl halides is 2. The van der Waals surface area contributed by atoms with E-state index in [9.17, 15) is 0 Å². The van der Waals surface area contributed by atoms with Gasteiger partial charge in [-0.15, -0.1) is 0 Å². The second-order valence-corrected chi connectivity index (χ2v) is 6.72. The first-order chi connectivity index (χ1) is 10.8. The van der Waals surface area contributed by atoms with E-state index in [1.54, 1.807) is 0 Å². The van der Waals surface area contributed by atoms with Gasteiger partial charge in [-0.2, -0.15) is 0 Å². The van der Waals surface area contributed by atoms with Gasteiger partial charge in [0.1, 0.15) is 5.75 Å². The van der Waals surface area contributed by atoms with Crippen LogP contribution in [0.3, 0.4) is 0 Å². The van der Waals surface area contributed by atoms with Crippen molar-refractivity contribution in [1.29, 1.82) is 0 Å². The number of unbranched alkanes of at least 4 members (excludes halogenated alkanes) is 2. The number of ether oxygens (including phenoxy) is 2. The summed E-state index contributed by atoms with van der Waals surface area (Å²) in [5.74, 6) is 0.928. The highest BCUT2D eigenvalue weighted by Gasteiger charge is 2.12.